The number of allylic oxidation sites excluding steroid dienone is 1. The number of fused-ring (bicyclic) bond motifs is 1. The van der Waals surface area contributed by atoms with E-state index in [0.29, 0.717) is 24.9 Å². The highest BCUT2D eigenvalue weighted by molar-refractivity contribution is 5.97. The highest BCUT2D eigenvalue weighted by Crippen LogP contribution is 2.37. The van der Waals surface area contributed by atoms with Crippen LogP contribution in [0, 0.1) is 6.92 Å². The maximum atomic E-state index is 13.3. The lowest BCUT2D eigenvalue weighted by molar-refractivity contribution is -0.121. The first kappa shape index (κ1) is 27.0. The van der Waals surface area contributed by atoms with Crippen LogP contribution in [0.15, 0.2) is 36.7 Å². The Morgan fingerprint density at radius 1 is 1.26 bits per heavy atom. The largest absolute Gasteiger partial charge is 0.477 e. The van der Waals surface area contributed by atoms with Crippen LogP contribution in [0.4, 0.5) is 5.69 Å². The van der Waals surface area contributed by atoms with Crippen LogP contribution in [0.3, 0.4) is 0 Å². The molecule has 39 heavy (non-hydrogen) atoms. The molecule has 0 unspecified atom stereocenters. The second-order valence-corrected chi connectivity index (χ2v) is 10.7. The van der Waals surface area contributed by atoms with Crippen LogP contribution in [0.25, 0.3) is 5.57 Å². The summed E-state index contributed by atoms with van der Waals surface area (Å²) in [5, 5.41) is 7.65. The summed E-state index contributed by atoms with van der Waals surface area (Å²) in [6.07, 6.45) is 7.33. The molecular weight excluding hydrogens is 490 g/mol. The third-order valence-corrected chi connectivity index (χ3v) is 7.92. The van der Waals surface area contributed by atoms with Crippen LogP contribution >= 0.6 is 0 Å². The van der Waals surface area contributed by atoms with E-state index in [1.165, 1.54) is 0 Å². The number of carbonyl (C=O) groups excluding carboxylic acids is 1. The topological polar surface area (TPSA) is 88.4 Å². The summed E-state index contributed by atoms with van der Waals surface area (Å²) >= 11 is 0. The third-order valence-electron chi connectivity index (χ3n) is 7.92. The number of ether oxygens (including phenoxy) is 1. The van der Waals surface area contributed by atoms with Gasteiger partial charge in [0.05, 0.1) is 18.3 Å². The number of hydrogen-bond donors (Lipinski definition) is 1. The maximum absolute atomic E-state index is 13.3. The van der Waals surface area contributed by atoms with E-state index in [1.54, 1.807) is 4.68 Å². The number of carbonyl (C=O) groups is 1. The van der Waals surface area contributed by atoms with E-state index in [9.17, 15) is 4.79 Å². The molecule has 1 aliphatic heterocycles. The van der Waals surface area contributed by atoms with Crippen molar-refractivity contribution >= 4 is 17.2 Å². The number of aromatic nitrogens is 4. The first-order valence-electron chi connectivity index (χ1n) is 13.8. The Labute approximate surface area is 230 Å². The van der Waals surface area contributed by atoms with Crippen molar-refractivity contribution in [2.75, 3.05) is 38.6 Å². The van der Waals surface area contributed by atoms with Crippen molar-refractivity contribution < 1.29 is 9.53 Å². The number of amides is 1. The lowest BCUT2D eigenvalue weighted by Crippen LogP contribution is -2.55. The smallest absolute Gasteiger partial charge is 0.241 e. The van der Waals surface area contributed by atoms with E-state index in [-0.39, 0.29) is 11.9 Å². The van der Waals surface area contributed by atoms with Crippen molar-refractivity contribution in [3.8, 4) is 5.88 Å². The van der Waals surface area contributed by atoms with Gasteiger partial charge >= 0.3 is 0 Å². The zero-order valence-corrected chi connectivity index (χ0v) is 23.9. The highest BCUT2D eigenvalue weighted by atomic mass is 16.5. The van der Waals surface area contributed by atoms with Gasteiger partial charge < -0.3 is 15.0 Å². The van der Waals surface area contributed by atoms with E-state index in [4.69, 9.17) is 9.72 Å². The Morgan fingerprint density at radius 2 is 2.08 bits per heavy atom. The first-order valence-corrected chi connectivity index (χ1v) is 13.8. The summed E-state index contributed by atoms with van der Waals surface area (Å²) < 4.78 is 7.46. The van der Waals surface area contributed by atoms with Gasteiger partial charge in [-0.1, -0.05) is 18.2 Å². The maximum Gasteiger partial charge on any atom is 0.241 e. The van der Waals surface area contributed by atoms with E-state index < -0.39 is 0 Å². The average molecular weight is 530 g/mol. The molecule has 0 radical (unpaired) electrons. The van der Waals surface area contributed by atoms with Crippen LogP contribution in [0.1, 0.15) is 54.5 Å². The lowest BCUT2D eigenvalue weighted by atomic mass is 9.99. The van der Waals surface area contributed by atoms with Gasteiger partial charge in [-0.05, 0) is 63.9 Å². The zero-order chi connectivity index (χ0) is 27.7. The van der Waals surface area contributed by atoms with E-state index in [0.717, 1.165) is 71.1 Å². The molecule has 1 N–H and O–H groups in total. The lowest BCUT2D eigenvalue weighted by Gasteiger charge is -2.40. The van der Waals surface area contributed by atoms with Crippen molar-refractivity contribution in [3.63, 3.8) is 0 Å². The molecular formula is C30H39N7O2. The van der Waals surface area contributed by atoms with Crippen LogP contribution < -0.4 is 10.1 Å². The molecule has 3 aromatic rings. The SMILES string of the molecule is CCOc1nn(C)cc1Cc1ncc(C)c(C2=CCc3c(NC(=O)[C@@H](C)N4CCN(C)[C@@H](C)C4)cccc32)n1. The van der Waals surface area contributed by atoms with Gasteiger partial charge in [-0.15, -0.1) is 5.10 Å². The number of benzene rings is 1. The normalized spacial score (nSPS) is 18.5. The van der Waals surface area contributed by atoms with Crippen LogP contribution in [0.2, 0.25) is 0 Å². The van der Waals surface area contributed by atoms with Gasteiger partial charge in [0.2, 0.25) is 11.8 Å². The molecule has 0 spiro atoms. The summed E-state index contributed by atoms with van der Waals surface area (Å²) in [5.74, 6) is 1.38. The molecule has 0 saturated carbocycles. The Morgan fingerprint density at radius 3 is 2.85 bits per heavy atom. The predicted octanol–water partition coefficient (Wildman–Crippen LogP) is 3.46. The van der Waals surface area contributed by atoms with Gasteiger partial charge in [-0.2, -0.15) is 0 Å². The third kappa shape index (κ3) is 5.60. The molecule has 2 atom stereocenters. The minimum atomic E-state index is -0.188. The number of hydrogen-bond acceptors (Lipinski definition) is 7. The van der Waals surface area contributed by atoms with Crippen LogP contribution in [-0.4, -0.2) is 80.8 Å². The van der Waals surface area contributed by atoms with Gasteiger partial charge in [0.15, 0.2) is 0 Å². The molecule has 0 bridgehead atoms. The van der Waals surface area contributed by atoms with E-state index >= 15 is 0 Å². The van der Waals surface area contributed by atoms with Crippen molar-refractivity contribution in [1.82, 2.24) is 29.5 Å². The summed E-state index contributed by atoms with van der Waals surface area (Å²) in [5.41, 5.74) is 7.10. The molecule has 1 fully saturated rings. The number of rotatable bonds is 8. The van der Waals surface area contributed by atoms with Crippen molar-refractivity contribution in [2.45, 2.75) is 52.6 Å². The van der Waals surface area contributed by atoms with E-state index in [2.05, 4.69) is 51.3 Å². The van der Waals surface area contributed by atoms with Gasteiger partial charge in [-0.3, -0.25) is 14.4 Å². The van der Waals surface area contributed by atoms with Gasteiger partial charge in [0.1, 0.15) is 5.82 Å². The predicted molar refractivity (Wildman–Crippen MR) is 153 cm³/mol. The Balaban J connectivity index is 1.35. The average Bonchev–Trinajstić information content (AvgIpc) is 3.50. The molecule has 5 rings (SSSR count). The Kier molecular flexibility index (Phi) is 7.81. The monoisotopic (exact) mass is 529 g/mol. The summed E-state index contributed by atoms with van der Waals surface area (Å²) in [4.78, 5) is 27.5. The van der Waals surface area contributed by atoms with E-state index in [1.807, 2.05) is 52.3 Å². The number of likely N-dealkylation sites (N-methyl/N-ethyl adjacent to an activating group) is 1. The fourth-order valence-corrected chi connectivity index (χ4v) is 5.45. The molecule has 206 valence electrons. The summed E-state index contributed by atoms with van der Waals surface area (Å²) in [6, 6.07) is 6.38. The Bertz CT molecular complexity index is 1400. The molecule has 1 amide bonds. The minimum Gasteiger partial charge on any atom is -0.477 e. The molecule has 1 saturated heterocycles. The first-order chi connectivity index (χ1) is 18.7. The second kappa shape index (κ2) is 11.3. The number of piperazine rings is 1. The fraction of sp³-hybridized carbons (Fsp3) is 0.467. The minimum absolute atomic E-state index is 0.0377. The summed E-state index contributed by atoms with van der Waals surface area (Å²) in [7, 11) is 4.03. The van der Waals surface area contributed by atoms with Crippen LogP contribution in [-0.2, 0) is 24.7 Å². The molecule has 1 aromatic carbocycles. The van der Waals surface area contributed by atoms with Crippen molar-refractivity contribution in [3.05, 3.63) is 70.4 Å². The summed E-state index contributed by atoms with van der Waals surface area (Å²) in [6.45, 7) is 11.5. The standard InChI is InChI=1S/C30H39N7O2/c1-7-39-30-22(18-36(6)34-30)15-27-31-16-19(2)28(33-27)25-12-11-24-23(25)9-8-10-26(24)32-29(38)21(4)37-14-13-35(5)20(3)17-37/h8-10,12,16,18,20-21H,7,11,13-15,17H2,1-6H3,(H,32,38)/t20-,21+/m0/s1. The number of aryl methyl sites for hydroxylation is 2. The highest BCUT2D eigenvalue weighted by Gasteiger charge is 2.29. The Hall–Kier alpha value is -3.56. The zero-order valence-electron chi connectivity index (χ0n) is 23.9. The molecule has 9 heteroatoms. The molecule has 3 heterocycles. The van der Waals surface area contributed by atoms with Gasteiger partial charge in [0.25, 0.3) is 0 Å². The number of nitrogens with zero attached hydrogens (tertiary/aromatic N) is 6. The molecule has 9 nitrogen and oxygen atoms in total. The molecule has 1 aliphatic carbocycles. The van der Waals surface area contributed by atoms with Crippen molar-refractivity contribution in [1.29, 1.82) is 0 Å². The fourth-order valence-electron chi connectivity index (χ4n) is 5.45. The molecule has 2 aromatic heterocycles. The van der Waals surface area contributed by atoms with Gasteiger partial charge in [-0.25, -0.2) is 9.97 Å². The second-order valence-electron chi connectivity index (χ2n) is 10.7. The number of nitrogens with one attached hydrogen (secondary N) is 1. The van der Waals surface area contributed by atoms with Gasteiger partial charge in [0, 0.05) is 68.4 Å². The number of anilines is 1. The molecule has 2 aliphatic rings. The quantitative estimate of drug-likeness (QED) is 0.478. The van der Waals surface area contributed by atoms with Crippen molar-refractivity contribution in [2.24, 2.45) is 7.05 Å². The van der Waals surface area contributed by atoms with Crippen LogP contribution in [0.5, 0.6) is 5.88 Å².